The van der Waals surface area contributed by atoms with Gasteiger partial charge < -0.3 is 16.4 Å². The lowest BCUT2D eigenvalue weighted by Crippen LogP contribution is -2.53. The summed E-state index contributed by atoms with van der Waals surface area (Å²) in [6.45, 7) is 12.2. The number of hydrogen-bond donors (Lipinski definition) is 3. The van der Waals surface area contributed by atoms with Gasteiger partial charge in [0.05, 0.1) is 0 Å². The Labute approximate surface area is 175 Å². The molecule has 2 atom stereocenters. The number of hydrogen-bond acceptors (Lipinski definition) is 3. The molecule has 0 unspecified atom stereocenters. The number of carbonyl (C=O) groups is 3. The van der Waals surface area contributed by atoms with Crippen LogP contribution in [0.2, 0.25) is 18.1 Å². The maximum absolute atomic E-state index is 12.7. The molecule has 6 nitrogen and oxygen atoms in total. The maximum Gasteiger partial charge on any atom is 0.243 e. The van der Waals surface area contributed by atoms with Crippen LogP contribution in [0.1, 0.15) is 39.7 Å². The summed E-state index contributed by atoms with van der Waals surface area (Å²) in [6.07, 6.45) is 0.457. The van der Waals surface area contributed by atoms with E-state index in [1.54, 1.807) is 0 Å². The molecule has 0 bridgehead atoms. The molecular formula is C22H33N3O3Si. The first kappa shape index (κ1) is 24.4. The topological polar surface area (TPSA) is 101 Å². The highest BCUT2D eigenvalue weighted by Crippen LogP contribution is 2.35. The highest BCUT2D eigenvalue weighted by atomic mass is 28.3. The summed E-state index contributed by atoms with van der Waals surface area (Å²) in [6, 6.07) is 7.64. The second-order valence-electron chi connectivity index (χ2n) is 8.79. The van der Waals surface area contributed by atoms with E-state index in [0.29, 0.717) is 6.42 Å². The molecule has 1 rings (SSSR count). The molecule has 1 aromatic rings. The maximum atomic E-state index is 12.7. The molecule has 0 spiro atoms. The van der Waals surface area contributed by atoms with Crippen LogP contribution in [0, 0.1) is 11.5 Å². The van der Waals surface area contributed by atoms with Crippen LogP contribution in [0.3, 0.4) is 0 Å². The van der Waals surface area contributed by atoms with Crippen molar-refractivity contribution in [1.82, 2.24) is 10.6 Å². The lowest BCUT2D eigenvalue weighted by atomic mass is 10.0. The predicted octanol–water partition coefficient (Wildman–Crippen LogP) is 2.15. The second-order valence-corrected chi connectivity index (χ2v) is 13.8. The van der Waals surface area contributed by atoms with Gasteiger partial charge in [-0.05, 0) is 10.6 Å². The Balaban J connectivity index is 2.90. The standard InChI is InChI=1S/C22H33N3O3Si/c1-16(26)24-19(15-17-11-8-7-9-12-17)21(28)25-18(20(23)27)13-10-14-29(5,6)22(2,3)4/h7-9,11-12,18-19H,13,15H2,1-6H3,(H2,23,27)(H,24,26)(H,25,28)/t18-,19+/m0/s1. The molecule has 29 heavy (non-hydrogen) atoms. The van der Waals surface area contributed by atoms with Crippen LogP contribution in [-0.2, 0) is 20.8 Å². The molecule has 4 N–H and O–H groups in total. The summed E-state index contributed by atoms with van der Waals surface area (Å²) in [5, 5.41) is 5.39. The van der Waals surface area contributed by atoms with Gasteiger partial charge in [-0.2, -0.15) is 0 Å². The van der Waals surface area contributed by atoms with Crippen molar-refractivity contribution in [2.75, 3.05) is 0 Å². The molecule has 0 radical (unpaired) electrons. The molecule has 0 aliphatic rings. The first-order chi connectivity index (χ1) is 13.3. The minimum Gasteiger partial charge on any atom is -0.368 e. The van der Waals surface area contributed by atoms with Crippen molar-refractivity contribution in [3.8, 4) is 11.5 Å². The van der Waals surface area contributed by atoms with E-state index in [1.807, 2.05) is 30.3 Å². The number of rotatable bonds is 7. The zero-order valence-electron chi connectivity index (χ0n) is 18.3. The average molecular weight is 416 g/mol. The molecular weight excluding hydrogens is 382 g/mol. The Morgan fingerprint density at radius 1 is 1.07 bits per heavy atom. The Bertz CT molecular complexity index is 789. The third-order valence-electron chi connectivity index (χ3n) is 5.22. The fourth-order valence-electron chi connectivity index (χ4n) is 2.36. The molecule has 3 amide bonds. The molecule has 0 aliphatic carbocycles. The van der Waals surface area contributed by atoms with Crippen LogP contribution < -0.4 is 16.4 Å². The molecule has 7 heteroatoms. The number of benzene rings is 1. The normalized spacial score (nSPS) is 13.4. The van der Waals surface area contributed by atoms with Crippen molar-refractivity contribution in [3.63, 3.8) is 0 Å². The van der Waals surface area contributed by atoms with E-state index in [-0.39, 0.29) is 17.4 Å². The molecule has 0 aliphatic heterocycles. The highest BCUT2D eigenvalue weighted by molar-refractivity contribution is 6.87. The number of primary amides is 1. The smallest absolute Gasteiger partial charge is 0.243 e. The first-order valence-corrected chi connectivity index (χ1v) is 12.7. The van der Waals surface area contributed by atoms with Crippen molar-refractivity contribution in [2.45, 2.75) is 70.8 Å². The fraction of sp³-hybridized carbons (Fsp3) is 0.500. The monoisotopic (exact) mass is 415 g/mol. The largest absolute Gasteiger partial charge is 0.368 e. The van der Waals surface area contributed by atoms with Gasteiger partial charge in [0.1, 0.15) is 20.2 Å². The Morgan fingerprint density at radius 3 is 2.14 bits per heavy atom. The fourth-order valence-corrected chi connectivity index (χ4v) is 3.28. The van der Waals surface area contributed by atoms with Crippen molar-refractivity contribution < 1.29 is 14.4 Å². The molecule has 0 saturated heterocycles. The lowest BCUT2D eigenvalue weighted by molar-refractivity contribution is -0.130. The number of nitrogens with one attached hydrogen (secondary N) is 2. The summed E-state index contributed by atoms with van der Waals surface area (Å²) in [4.78, 5) is 36.1. The lowest BCUT2D eigenvalue weighted by Gasteiger charge is -2.31. The third-order valence-corrected chi connectivity index (χ3v) is 9.77. The molecule has 0 fully saturated rings. The van der Waals surface area contributed by atoms with E-state index in [1.165, 1.54) is 6.92 Å². The van der Waals surface area contributed by atoms with Gasteiger partial charge in [0.2, 0.25) is 17.7 Å². The van der Waals surface area contributed by atoms with E-state index in [2.05, 4.69) is 56.0 Å². The first-order valence-electron chi connectivity index (χ1n) is 9.74. The average Bonchev–Trinajstić information content (AvgIpc) is 2.59. The number of carbonyl (C=O) groups excluding carboxylic acids is 3. The molecule has 158 valence electrons. The summed E-state index contributed by atoms with van der Waals surface area (Å²) < 4.78 is 0. The Hall–Kier alpha value is -2.59. The third kappa shape index (κ3) is 8.12. The van der Waals surface area contributed by atoms with Gasteiger partial charge in [-0.25, -0.2) is 0 Å². The molecule has 0 saturated carbocycles. The van der Waals surface area contributed by atoms with Gasteiger partial charge in [-0.1, -0.05) is 64.2 Å². The van der Waals surface area contributed by atoms with Gasteiger partial charge in [0, 0.05) is 19.8 Å². The van der Waals surface area contributed by atoms with Crippen molar-refractivity contribution in [2.24, 2.45) is 5.73 Å². The van der Waals surface area contributed by atoms with Crippen LogP contribution in [0.25, 0.3) is 0 Å². The quantitative estimate of drug-likeness (QED) is 0.470. The van der Waals surface area contributed by atoms with Crippen molar-refractivity contribution >= 4 is 25.8 Å². The summed E-state index contributed by atoms with van der Waals surface area (Å²) in [5.41, 5.74) is 9.69. The van der Waals surface area contributed by atoms with Crippen LogP contribution >= 0.6 is 0 Å². The Kier molecular flexibility index (Phi) is 8.65. The summed E-state index contributed by atoms with van der Waals surface area (Å²) in [5.74, 6) is 1.63. The van der Waals surface area contributed by atoms with Crippen LogP contribution in [0.4, 0.5) is 0 Å². The minimum absolute atomic E-state index is 0.0949. The van der Waals surface area contributed by atoms with E-state index < -0.39 is 32.0 Å². The summed E-state index contributed by atoms with van der Waals surface area (Å²) in [7, 11) is -1.82. The van der Waals surface area contributed by atoms with Gasteiger partial charge in [0.15, 0.2) is 0 Å². The molecule has 0 heterocycles. The zero-order valence-corrected chi connectivity index (χ0v) is 19.3. The summed E-state index contributed by atoms with van der Waals surface area (Å²) >= 11 is 0. The minimum atomic E-state index is -1.82. The molecule has 0 aromatic heterocycles. The number of nitrogens with two attached hydrogens (primary N) is 1. The van der Waals surface area contributed by atoms with Gasteiger partial charge in [-0.3, -0.25) is 14.4 Å². The van der Waals surface area contributed by atoms with Crippen molar-refractivity contribution in [1.29, 1.82) is 0 Å². The predicted molar refractivity (Wildman–Crippen MR) is 118 cm³/mol. The number of amides is 3. The SMILES string of the molecule is CC(=O)N[C@H](Cc1ccccc1)C(=O)N[C@@H](CC#C[Si](C)(C)C(C)(C)C)C(N)=O. The highest BCUT2D eigenvalue weighted by Gasteiger charge is 2.33. The Morgan fingerprint density at radius 2 is 1.66 bits per heavy atom. The van der Waals surface area contributed by atoms with Gasteiger partial charge in [0.25, 0.3) is 0 Å². The zero-order chi connectivity index (χ0) is 22.2. The van der Waals surface area contributed by atoms with Gasteiger partial charge >= 0.3 is 0 Å². The molecule has 1 aromatic carbocycles. The van der Waals surface area contributed by atoms with Gasteiger partial charge in [-0.15, -0.1) is 11.5 Å². The van der Waals surface area contributed by atoms with Crippen LogP contribution in [0.5, 0.6) is 0 Å². The van der Waals surface area contributed by atoms with Crippen LogP contribution in [0.15, 0.2) is 30.3 Å². The van der Waals surface area contributed by atoms with Crippen LogP contribution in [-0.4, -0.2) is 37.9 Å². The van der Waals surface area contributed by atoms with E-state index >= 15 is 0 Å². The van der Waals surface area contributed by atoms with E-state index in [0.717, 1.165) is 5.56 Å². The van der Waals surface area contributed by atoms with Crippen molar-refractivity contribution in [3.05, 3.63) is 35.9 Å². The second kappa shape index (κ2) is 10.3. The van der Waals surface area contributed by atoms with E-state index in [4.69, 9.17) is 5.73 Å². The van der Waals surface area contributed by atoms with E-state index in [9.17, 15) is 14.4 Å².